The quantitative estimate of drug-likeness (QED) is 0.120. The lowest BCUT2D eigenvalue weighted by molar-refractivity contribution is -0.268. The first-order chi connectivity index (χ1) is 24.6. The second-order valence-corrected chi connectivity index (χ2v) is 15.4. The average molecular weight is 727 g/mol. The van der Waals surface area contributed by atoms with Gasteiger partial charge in [-0.05, 0) is 54.3 Å². The molecule has 3 N–H and O–H groups in total. The number of aliphatic hydroxyl groups excluding tert-OH is 1. The maximum absolute atomic E-state index is 13.7. The van der Waals surface area contributed by atoms with Crippen LogP contribution in [0.15, 0.2) is 126 Å². The zero-order valence-electron chi connectivity index (χ0n) is 28.7. The van der Waals surface area contributed by atoms with Crippen molar-refractivity contribution >= 4 is 33.4 Å². The number of hydrogen-bond donors (Lipinski definition) is 3. The van der Waals surface area contributed by atoms with Crippen LogP contribution in [0.4, 0.5) is 5.69 Å². The van der Waals surface area contributed by atoms with Gasteiger partial charge in [0.1, 0.15) is 6.04 Å². The molecule has 5 aromatic rings. The van der Waals surface area contributed by atoms with Crippen LogP contribution in [0.2, 0.25) is 0 Å². The normalized spacial score (nSPS) is 19.8. The number of nitrogens with one attached hydrogen (secondary N) is 2. The van der Waals surface area contributed by atoms with Crippen LogP contribution in [0.5, 0.6) is 0 Å². The summed E-state index contributed by atoms with van der Waals surface area (Å²) in [5, 5.41) is 13.4. The van der Waals surface area contributed by atoms with Gasteiger partial charge in [-0.25, -0.2) is 13.4 Å². The van der Waals surface area contributed by atoms with Crippen molar-refractivity contribution in [1.29, 1.82) is 0 Å². The van der Waals surface area contributed by atoms with Gasteiger partial charge in [0.05, 0.1) is 23.7 Å². The van der Waals surface area contributed by atoms with Crippen molar-refractivity contribution in [3.63, 3.8) is 0 Å². The van der Waals surface area contributed by atoms with Crippen LogP contribution in [0.3, 0.4) is 0 Å². The van der Waals surface area contributed by atoms with Crippen LogP contribution < -0.4 is 10.0 Å². The van der Waals surface area contributed by atoms with Gasteiger partial charge in [-0.15, -0.1) is 0 Å². The molecule has 1 saturated heterocycles. The van der Waals surface area contributed by atoms with E-state index < -0.39 is 28.3 Å². The van der Waals surface area contributed by atoms with Crippen LogP contribution in [0.25, 0.3) is 0 Å². The van der Waals surface area contributed by atoms with E-state index in [4.69, 9.17) is 9.47 Å². The first-order valence-corrected chi connectivity index (χ1v) is 19.2. The fraction of sp³-hybridized carbons (Fsp3) is 0.282. The Morgan fingerprint density at radius 3 is 2.25 bits per heavy atom. The molecule has 1 amide bonds. The minimum atomic E-state index is -3.98. The minimum absolute atomic E-state index is 0.0118. The van der Waals surface area contributed by atoms with Crippen LogP contribution in [-0.4, -0.2) is 46.9 Å². The second-order valence-electron chi connectivity index (χ2n) is 12.7. The van der Waals surface area contributed by atoms with E-state index in [2.05, 4.69) is 21.9 Å². The molecule has 5 atom stereocenters. The molecule has 4 aromatic carbocycles. The molecule has 0 aliphatic carbocycles. The van der Waals surface area contributed by atoms with Crippen molar-refractivity contribution in [2.24, 2.45) is 13.0 Å². The zero-order valence-corrected chi connectivity index (χ0v) is 30.3. The number of benzene rings is 4. The Morgan fingerprint density at radius 2 is 1.61 bits per heavy atom. The van der Waals surface area contributed by atoms with Crippen molar-refractivity contribution in [2.75, 3.05) is 11.1 Å². The van der Waals surface area contributed by atoms with Gasteiger partial charge in [0, 0.05) is 42.4 Å². The topological polar surface area (TPSA) is 132 Å². The first kappa shape index (κ1) is 36.5. The van der Waals surface area contributed by atoms with Crippen molar-refractivity contribution < 1.29 is 27.8 Å². The molecular formula is C39H42N4O6S2. The van der Waals surface area contributed by atoms with E-state index in [9.17, 15) is 18.3 Å². The number of hydrogen-bond acceptors (Lipinski definition) is 8. The molecule has 12 heteroatoms. The third kappa shape index (κ3) is 9.14. The summed E-state index contributed by atoms with van der Waals surface area (Å²) in [7, 11) is -2.02. The van der Waals surface area contributed by atoms with Gasteiger partial charge in [0.15, 0.2) is 11.4 Å². The standard InChI is InChI=1S/C39H42N4O6S2/c1-26-9-19-33(20-10-26)51(46,47)42-34(23-28-7-5-4-6-8-28)37(45)41-32-17-15-31(16-18-32)38-48-35(25-50-39-40-21-22-43(39)3)27(2)36(49-38)30-13-11-29(24-44)12-14-30/h4-22,27,34-36,38,42,44H,23-25H2,1-3H3,(H,41,45). The molecule has 0 radical (unpaired) electrons. The fourth-order valence-electron chi connectivity index (χ4n) is 5.92. The summed E-state index contributed by atoms with van der Waals surface area (Å²) < 4.78 is 44.4. The Bertz CT molecular complexity index is 2000. The summed E-state index contributed by atoms with van der Waals surface area (Å²) >= 11 is 1.62. The highest BCUT2D eigenvalue weighted by Gasteiger charge is 2.38. The highest BCUT2D eigenvalue weighted by Crippen LogP contribution is 2.43. The summed E-state index contributed by atoms with van der Waals surface area (Å²) in [4.78, 5) is 18.2. The summed E-state index contributed by atoms with van der Waals surface area (Å²) in [5.41, 5.74) is 4.82. The maximum atomic E-state index is 13.7. The van der Waals surface area contributed by atoms with Gasteiger partial charge >= 0.3 is 0 Å². The summed E-state index contributed by atoms with van der Waals surface area (Å²) in [5.74, 6) is 0.184. The molecule has 1 aliphatic heterocycles. The number of sulfonamides is 1. The monoisotopic (exact) mass is 726 g/mol. The number of aliphatic hydroxyl groups is 1. The number of thioether (sulfide) groups is 1. The highest BCUT2D eigenvalue weighted by atomic mass is 32.2. The third-order valence-electron chi connectivity index (χ3n) is 8.96. The largest absolute Gasteiger partial charge is 0.392 e. The molecule has 0 spiro atoms. The van der Waals surface area contributed by atoms with Gasteiger partial charge in [-0.2, -0.15) is 4.72 Å². The molecule has 10 nitrogen and oxygen atoms in total. The molecule has 266 valence electrons. The number of rotatable bonds is 13. The van der Waals surface area contributed by atoms with E-state index in [1.165, 1.54) is 12.1 Å². The van der Waals surface area contributed by atoms with E-state index >= 15 is 0 Å². The average Bonchev–Trinajstić information content (AvgIpc) is 3.56. The Balaban J connectivity index is 1.19. The highest BCUT2D eigenvalue weighted by molar-refractivity contribution is 7.99. The van der Waals surface area contributed by atoms with Gasteiger partial charge in [-0.3, -0.25) is 4.79 Å². The molecule has 51 heavy (non-hydrogen) atoms. The molecule has 1 aromatic heterocycles. The number of carbonyl (C=O) groups is 1. The second kappa shape index (κ2) is 16.4. The van der Waals surface area contributed by atoms with E-state index in [1.807, 2.05) is 91.5 Å². The maximum Gasteiger partial charge on any atom is 0.242 e. The summed E-state index contributed by atoms with van der Waals surface area (Å²) in [6.45, 7) is 3.96. The van der Waals surface area contributed by atoms with Crippen molar-refractivity contribution in [3.8, 4) is 0 Å². The number of carbonyl (C=O) groups excluding carboxylic acids is 1. The first-order valence-electron chi connectivity index (χ1n) is 16.7. The molecule has 6 rings (SSSR count). The van der Waals surface area contributed by atoms with Crippen molar-refractivity contribution in [2.45, 2.75) is 61.5 Å². The van der Waals surface area contributed by atoms with E-state index in [-0.39, 0.29) is 36.0 Å². The predicted molar refractivity (Wildman–Crippen MR) is 197 cm³/mol. The Morgan fingerprint density at radius 1 is 0.922 bits per heavy atom. The van der Waals surface area contributed by atoms with Crippen LogP contribution in [-0.2, 0) is 44.4 Å². The smallest absolute Gasteiger partial charge is 0.242 e. The molecular weight excluding hydrogens is 685 g/mol. The number of anilines is 1. The third-order valence-corrected chi connectivity index (χ3v) is 11.6. The van der Waals surface area contributed by atoms with Gasteiger partial charge in [0.25, 0.3) is 0 Å². The lowest BCUT2D eigenvalue weighted by Gasteiger charge is -2.41. The van der Waals surface area contributed by atoms with Crippen molar-refractivity contribution in [1.82, 2.24) is 14.3 Å². The molecule has 1 aliphatic rings. The lowest BCUT2D eigenvalue weighted by Crippen LogP contribution is -2.45. The zero-order chi connectivity index (χ0) is 36.0. The number of amides is 1. The number of aryl methyl sites for hydroxylation is 2. The number of aromatic nitrogens is 2. The van der Waals surface area contributed by atoms with Crippen LogP contribution >= 0.6 is 11.8 Å². The van der Waals surface area contributed by atoms with Crippen LogP contribution in [0.1, 0.15) is 47.1 Å². The number of imidazole rings is 1. The molecule has 0 bridgehead atoms. The van der Waals surface area contributed by atoms with Gasteiger partial charge in [-0.1, -0.05) is 103 Å². The van der Waals surface area contributed by atoms with Crippen LogP contribution in [0, 0.1) is 12.8 Å². The Kier molecular flexibility index (Phi) is 11.7. The van der Waals surface area contributed by atoms with Gasteiger partial charge in [0.2, 0.25) is 15.9 Å². The molecule has 0 saturated carbocycles. The van der Waals surface area contributed by atoms with Gasteiger partial charge < -0.3 is 24.5 Å². The molecule has 2 heterocycles. The minimum Gasteiger partial charge on any atom is -0.392 e. The lowest BCUT2D eigenvalue weighted by atomic mass is 9.91. The van der Waals surface area contributed by atoms with E-state index in [0.717, 1.165) is 33.0 Å². The van der Waals surface area contributed by atoms with E-state index in [1.54, 1.807) is 42.2 Å². The van der Waals surface area contributed by atoms with Crippen molar-refractivity contribution in [3.05, 3.63) is 143 Å². The molecule has 5 unspecified atom stereocenters. The fourth-order valence-corrected chi connectivity index (χ4v) is 8.21. The Labute approximate surface area is 303 Å². The summed E-state index contributed by atoms with van der Waals surface area (Å²) in [6.07, 6.45) is 2.71. The molecule has 1 fully saturated rings. The van der Waals surface area contributed by atoms with E-state index in [0.29, 0.717) is 11.4 Å². The summed E-state index contributed by atoms with van der Waals surface area (Å²) in [6, 6.07) is 29.7. The number of nitrogens with zero attached hydrogens (tertiary/aromatic N) is 2. The Hall–Kier alpha value is -4.30. The number of ether oxygens (including phenoxy) is 2. The SMILES string of the molecule is Cc1ccc(S(=O)(=O)NC(Cc2ccccc2)C(=O)Nc2ccc(C3OC(CSc4nccn4C)C(C)C(c4ccc(CO)cc4)O3)cc2)cc1. The predicted octanol–water partition coefficient (Wildman–Crippen LogP) is 6.33.